The molecule has 1 aliphatic heterocycles. The van der Waals surface area contributed by atoms with Crippen molar-refractivity contribution in [1.29, 1.82) is 0 Å². The van der Waals surface area contributed by atoms with E-state index >= 15 is 0 Å². The molecule has 2 aromatic carbocycles. The molecule has 2 aromatic rings. The van der Waals surface area contributed by atoms with Gasteiger partial charge < -0.3 is 24.6 Å². The highest BCUT2D eigenvalue weighted by Gasteiger charge is 2.57. The molecule has 42 heavy (non-hydrogen) atoms. The predicted molar refractivity (Wildman–Crippen MR) is 155 cm³/mol. The van der Waals surface area contributed by atoms with E-state index in [1.165, 1.54) is 50.6 Å². The van der Waals surface area contributed by atoms with Crippen LogP contribution in [0.4, 0.5) is 5.69 Å². The summed E-state index contributed by atoms with van der Waals surface area (Å²) in [5.41, 5.74) is 1.94. The lowest BCUT2D eigenvalue weighted by Gasteiger charge is -2.42. The van der Waals surface area contributed by atoms with Crippen molar-refractivity contribution in [2.75, 3.05) is 19.1 Å². The maximum atomic E-state index is 14.1. The minimum absolute atomic E-state index is 0.0668. The molecule has 3 N–H and O–H groups in total. The highest BCUT2D eigenvalue weighted by Crippen LogP contribution is 2.58. The summed E-state index contributed by atoms with van der Waals surface area (Å²) in [6, 6.07) is 8.72. The van der Waals surface area contributed by atoms with Gasteiger partial charge in [0.05, 0.1) is 36.2 Å². The number of nitrogens with zero attached hydrogens (tertiary/aromatic N) is 1. The number of imide groups is 1. The number of phenols is 1. The lowest BCUT2D eigenvalue weighted by atomic mass is 9.59. The van der Waals surface area contributed by atoms with E-state index in [9.17, 15) is 34.3 Å². The van der Waals surface area contributed by atoms with Gasteiger partial charge in [0.1, 0.15) is 17.2 Å². The number of halogens is 1. The highest BCUT2D eigenvalue weighted by molar-refractivity contribution is 9.12. The third-order valence-electron chi connectivity index (χ3n) is 8.58. The summed E-state index contributed by atoms with van der Waals surface area (Å²) in [6.07, 6.45) is 3.37. The summed E-state index contributed by atoms with van der Waals surface area (Å²) in [7, 11) is 1.05. The molecule has 1 saturated heterocycles. The second-order valence-corrected chi connectivity index (χ2v) is 11.5. The Morgan fingerprint density at radius 1 is 0.976 bits per heavy atom. The van der Waals surface area contributed by atoms with Gasteiger partial charge in [-0.05, 0) is 52.3 Å². The molecule has 0 spiro atoms. The summed E-state index contributed by atoms with van der Waals surface area (Å²) >= 11 is 3.21. The second kappa shape index (κ2) is 10.4. The largest absolute Gasteiger partial charge is 0.508 e. The first-order chi connectivity index (χ1) is 20.1. The molecular weight excluding hydrogens is 609 g/mol. The zero-order valence-electron chi connectivity index (χ0n) is 22.5. The molecule has 4 atom stereocenters. The maximum Gasteiger partial charge on any atom is 0.488 e. The van der Waals surface area contributed by atoms with E-state index in [1.54, 1.807) is 6.07 Å². The lowest BCUT2D eigenvalue weighted by Crippen LogP contribution is -2.40. The third kappa shape index (κ3) is 4.16. The fourth-order valence-electron chi connectivity index (χ4n) is 6.83. The number of benzene rings is 2. The van der Waals surface area contributed by atoms with Gasteiger partial charge in [-0.2, -0.15) is 0 Å². The molecule has 2 amide bonds. The number of hydrogen-bond donors (Lipinski definition) is 3. The van der Waals surface area contributed by atoms with Crippen LogP contribution in [0.1, 0.15) is 24.3 Å². The topological polar surface area (TPSA) is 151 Å². The Labute approximate surface area is 249 Å². The zero-order valence-corrected chi connectivity index (χ0v) is 24.1. The van der Waals surface area contributed by atoms with Crippen LogP contribution in [0.25, 0.3) is 0 Å². The first kappa shape index (κ1) is 28.1. The summed E-state index contributed by atoms with van der Waals surface area (Å²) in [4.78, 5) is 55.8. The van der Waals surface area contributed by atoms with Gasteiger partial charge in [0, 0.05) is 40.8 Å². The monoisotopic (exact) mass is 633 g/mol. The van der Waals surface area contributed by atoms with Crippen LogP contribution >= 0.6 is 15.9 Å². The van der Waals surface area contributed by atoms with E-state index in [-0.39, 0.29) is 68.4 Å². The quantitative estimate of drug-likeness (QED) is 0.195. The molecule has 1 fully saturated rings. The van der Waals surface area contributed by atoms with Crippen molar-refractivity contribution in [3.05, 3.63) is 75.3 Å². The molecule has 0 bridgehead atoms. The van der Waals surface area contributed by atoms with Crippen LogP contribution in [-0.2, 0) is 19.2 Å². The van der Waals surface area contributed by atoms with E-state index in [1.807, 2.05) is 6.08 Å². The van der Waals surface area contributed by atoms with Crippen molar-refractivity contribution < 1.29 is 43.8 Å². The number of anilines is 1. The van der Waals surface area contributed by atoms with Crippen LogP contribution in [-0.4, -0.2) is 59.9 Å². The minimum Gasteiger partial charge on any atom is -0.508 e. The van der Waals surface area contributed by atoms with E-state index in [2.05, 4.69) is 15.9 Å². The lowest BCUT2D eigenvalue weighted by molar-refractivity contribution is -0.123. The number of carbonyl (C=O) groups excluding carboxylic acids is 4. The third-order valence-corrected chi connectivity index (χ3v) is 9.16. The van der Waals surface area contributed by atoms with Crippen molar-refractivity contribution in [2.24, 2.45) is 17.8 Å². The van der Waals surface area contributed by atoms with Gasteiger partial charge in [-0.15, -0.1) is 0 Å². The Morgan fingerprint density at radius 2 is 1.67 bits per heavy atom. The number of amides is 2. The van der Waals surface area contributed by atoms with Crippen molar-refractivity contribution in [3.63, 3.8) is 0 Å². The normalized spacial score (nSPS) is 25.0. The number of ether oxygens (including phenoxy) is 2. The number of phenolic OH excluding ortho intramolecular Hbond substituents is 1. The summed E-state index contributed by atoms with van der Waals surface area (Å²) in [5, 5.41) is 29.6. The van der Waals surface area contributed by atoms with E-state index < -0.39 is 42.6 Å². The molecule has 4 unspecified atom stereocenters. The number of methoxy groups -OCH3 is 2. The number of aromatic hydroxyl groups is 1. The standard InChI is InChI=1S/C30H25BBrNO9/c1-41-22-9-15(34)10-23(42-2)27(22)26-16-6-7-17-24(18(16)11-19-25(26)21(35)12-20(32)28(19)36)30(38)33(29(17)37)14-5-3-4-13(8-14)31(39)40/h3-6,8-10,12,17-18,24,26,34,39-40H,7,11H2,1-2H3. The highest BCUT2D eigenvalue weighted by atomic mass is 79.9. The molecule has 0 saturated carbocycles. The van der Waals surface area contributed by atoms with E-state index in [0.29, 0.717) is 11.1 Å². The fourth-order valence-corrected chi connectivity index (χ4v) is 7.27. The molecular formula is C30H25BBrNO9. The van der Waals surface area contributed by atoms with Crippen LogP contribution < -0.4 is 19.8 Å². The van der Waals surface area contributed by atoms with Crippen molar-refractivity contribution in [2.45, 2.75) is 18.8 Å². The van der Waals surface area contributed by atoms with Crippen LogP contribution in [0.5, 0.6) is 17.2 Å². The number of allylic oxidation sites excluding steroid dienone is 6. The molecule has 6 rings (SSSR count). The number of ketones is 2. The fraction of sp³-hybridized carbons (Fsp3) is 0.267. The summed E-state index contributed by atoms with van der Waals surface area (Å²) < 4.78 is 11.3. The minimum atomic E-state index is -1.78. The van der Waals surface area contributed by atoms with Crippen molar-refractivity contribution >= 4 is 57.6 Å². The number of rotatable bonds is 5. The van der Waals surface area contributed by atoms with Gasteiger partial charge >= 0.3 is 7.12 Å². The van der Waals surface area contributed by atoms with Crippen LogP contribution in [0.2, 0.25) is 0 Å². The Hall–Kier alpha value is -4.00. The van der Waals surface area contributed by atoms with Crippen LogP contribution in [0, 0.1) is 17.8 Å². The smallest absolute Gasteiger partial charge is 0.488 e. The van der Waals surface area contributed by atoms with Gasteiger partial charge in [-0.3, -0.25) is 24.1 Å². The summed E-state index contributed by atoms with van der Waals surface area (Å²) in [5.74, 6) is -4.32. The number of carbonyl (C=O) groups is 4. The van der Waals surface area contributed by atoms with Crippen molar-refractivity contribution in [1.82, 2.24) is 0 Å². The average Bonchev–Trinajstić information content (AvgIpc) is 3.23. The first-order valence-electron chi connectivity index (χ1n) is 13.2. The Bertz CT molecular complexity index is 1650. The van der Waals surface area contributed by atoms with Gasteiger partial charge in [0.25, 0.3) is 0 Å². The second-order valence-electron chi connectivity index (χ2n) is 10.6. The van der Waals surface area contributed by atoms with Crippen LogP contribution in [0.3, 0.4) is 0 Å². The van der Waals surface area contributed by atoms with Crippen LogP contribution in [0.15, 0.2) is 69.8 Å². The molecule has 12 heteroatoms. The Balaban J connectivity index is 1.52. The SMILES string of the molecule is COc1cc(O)cc(OC)c1C1C2=CCC3C(=O)N(c4cccc(B(O)O)c4)C(=O)C3C2CC2=C1C(=O)C=C(Br)C2=O. The Kier molecular flexibility index (Phi) is 6.95. The Morgan fingerprint density at radius 3 is 2.31 bits per heavy atom. The molecule has 0 radical (unpaired) electrons. The van der Waals surface area contributed by atoms with E-state index in [0.717, 1.165) is 4.90 Å². The molecule has 4 aliphatic rings. The maximum absolute atomic E-state index is 14.1. The molecule has 3 aliphatic carbocycles. The molecule has 214 valence electrons. The number of hydrogen-bond acceptors (Lipinski definition) is 9. The van der Waals surface area contributed by atoms with Gasteiger partial charge in [0.15, 0.2) is 11.6 Å². The number of Topliss-reactive ketones (excluding diaryl/α,β-unsaturated/α-hetero) is 1. The van der Waals surface area contributed by atoms with E-state index in [4.69, 9.17) is 9.47 Å². The predicted octanol–water partition coefficient (Wildman–Crippen LogP) is 2.06. The van der Waals surface area contributed by atoms with Crippen molar-refractivity contribution in [3.8, 4) is 17.2 Å². The number of fused-ring (bicyclic) bond motifs is 3. The van der Waals surface area contributed by atoms with Gasteiger partial charge in [-0.25, -0.2) is 0 Å². The molecule has 1 heterocycles. The first-order valence-corrected chi connectivity index (χ1v) is 14.0. The summed E-state index contributed by atoms with van der Waals surface area (Å²) in [6.45, 7) is 0. The molecule has 10 nitrogen and oxygen atoms in total. The van der Waals surface area contributed by atoms with Gasteiger partial charge in [-0.1, -0.05) is 23.8 Å². The molecule has 0 aromatic heterocycles. The zero-order chi connectivity index (χ0) is 30.0. The van der Waals surface area contributed by atoms with Gasteiger partial charge in [0.2, 0.25) is 11.8 Å². The average molecular weight is 634 g/mol.